The van der Waals surface area contributed by atoms with Gasteiger partial charge in [0.05, 0.1) is 0 Å². The lowest BCUT2D eigenvalue weighted by Gasteiger charge is -2.00. The number of hydrogen-bond donors (Lipinski definition) is 0. The molecule has 0 fully saturated rings. The molecule has 6 rings (SSSR count). The molecule has 6 aromatic rings. The molecule has 236 valence electrons. The average Bonchev–Trinajstić information content (AvgIpc) is 3.10. The fraction of sp³-hybridized carbons (Fsp3) is 0.0833. The molecule has 0 heterocycles. The lowest BCUT2D eigenvalue weighted by atomic mass is 10.0. The molecular weight excluding hydrogens is 577 g/mol. The molecule has 0 spiro atoms. The summed E-state index contributed by atoms with van der Waals surface area (Å²) in [7, 11) is 0. The van der Waals surface area contributed by atoms with Gasteiger partial charge in [-0.3, -0.25) is 0 Å². The van der Waals surface area contributed by atoms with Crippen LogP contribution in [0.25, 0.3) is 48.6 Å². The summed E-state index contributed by atoms with van der Waals surface area (Å²) in [5.74, 6) is 0. The van der Waals surface area contributed by atoms with Gasteiger partial charge in [0.15, 0.2) is 0 Å². The lowest BCUT2D eigenvalue weighted by Crippen LogP contribution is -1.80. The average molecular weight is 621 g/mol. The molecule has 6 aromatic carbocycles. The molecule has 0 saturated carbocycles. The molecule has 0 aliphatic heterocycles. The van der Waals surface area contributed by atoms with Crippen LogP contribution < -0.4 is 0 Å². The summed E-state index contributed by atoms with van der Waals surface area (Å²) in [4.78, 5) is 0. The van der Waals surface area contributed by atoms with Crippen LogP contribution in [0.3, 0.4) is 0 Å². The Labute approximate surface area is 287 Å². The Hall–Kier alpha value is -5.72. The molecule has 0 aromatic heterocycles. The zero-order valence-corrected chi connectivity index (χ0v) is 28.5. The third kappa shape index (κ3) is 10.7. The zero-order chi connectivity index (χ0) is 33.6. The van der Waals surface area contributed by atoms with E-state index in [1.54, 1.807) is 0 Å². The van der Waals surface area contributed by atoms with Crippen LogP contribution in [0, 0.1) is 27.7 Å². The van der Waals surface area contributed by atoms with Crippen LogP contribution in [-0.4, -0.2) is 0 Å². The highest BCUT2D eigenvalue weighted by atomic mass is 14.0. The van der Waals surface area contributed by atoms with Gasteiger partial charge in [0.1, 0.15) is 0 Å². The van der Waals surface area contributed by atoms with Gasteiger partial charge in [-0.1, -0.05) is 205 Å². The molecule has 0 aliphatic rings. The van der Waals surface area contributed by atoms with E-state index in [0.717, 1.165) is 0 Å². The second kappa shape index (κ2) is 17.3. The fourth-order valence-corrected chi connectivity index (χ4v) is 5.29. The zero-order valence-electron chi connectivity index (χ0n) is 28.5. The van der Waals surface area contributed by atoms with Gasteiger partial charge >= 0.3 is 0 Å². The van der Waals surface area contributed by atoms with Gasteiger partial charge in [0.2, 0.25) is 0 Å². The SMILES string of the molecule is Cc1cccc(C=Cc2ccc(C=Cc3cccc(C)c3)cc2)c1.Cc1ccccc1C=Cc1ccc(C=Cc2ccccc2C)cc1. The minimum Gasteiger partial charge on any atom is -0.0620 e. The van der Waals surface area contributed by atoms with Crippen molar-refractivity contribution in [3.05, 3.63) is 212 Å². The summed E-state index contributed by atoms with van der Waals surface area (Å²) in [5.41, 5.74) is 15.0. The van der Waals surface area contributed by atoms with E-state index in [1.807, 2.05) is 0 Å². The van der Waals surface area contributed by atoms with Gasteiger partial charge in [0.25, 0.3) is 0 Å². The Morgan fingerprint density at radius 1 is 0.271 bits per heavy atom. The molecule has 0 radical (unpaired) electrons. The van der Waals surface area contributed by atoms with Gasteiger partial charge in [-0.25, -0.2) is 0 Å². The molecule has 0 bridgehead atoms. The van der Waals surface area contributed by atoms with E-state index in [2.05, 4.69) is 222 Å². The Balaban J connectivity index is 0.000000188. The van der Waals surface area contributed by atoms with E-state index in [0.29, 0.717) is 0 Å². The molecule has 0 amide bonds. The minimum absolute atomic E-state index is 1.21. The molecule has 48 heavy (non-hydrogen) atoms. The van der Waals surface area contributed by atoms with E-state index in [9.17, 15) is 0 Å². The molecule has 0 nitrogen and oxygen atoms in total. The first-order valence-electron chi connectivity index (χ1n) is 16.6. The summed E-state index contributed by atoms with van der Waals surface area (Å²) >= 11 is 0. The highest BCUT2D eigenvalue weighted by Gasteiger charge is 1.95. The van der Waals surface area contributed by atoms with E-state index in [1.165, 1.54) is 66.8 Å². The smallest absolute Gasteiger partial charge is 0.0227 e. The highest BCUT2D eigenvalue weighted by molar-refractivity contribution is 5.75. The van der Waals surface area contributed by atoms with Crippen LogP contribution in [0.15, 0.2) is 146 Å². The van der Waals surface area contributed by atoms with Gasteiger partial charge in [-0.2, -0.15) is 0 Å². The van der Waals surface area contributed by atoms with Crippen molar-refractivity contribution in [2.24, 2.45) is 0 Å². The predicted molar refractivity (Wildman–Crippen MR) is 213 cm³/mol. The van der Waals surface area contributed by atoms with E-state index in [4.69, 9.17) is 0 Å². The topological polar surface area (TPSA) is 0 Å². The second-order valence-electron chi connectivity index (χ2n) is 12.2. The van der Waals surface area contributed by atoms with Crippen molar-refractivity contribution in [2.75, 3.05) is 0 Å². The molecule has 0 heteroatoms. The molecule has 0 aliphatic carbocycles. The summed E-state index contributed by atoms with van der Waals surface area (Å²) in [6, 6.07) is 51.2. The van der Waals surface area contributed by atoms with Crippen LogP contribution >= 0.6 is 0 Å². The van der Waals surface area contributed by atoms with Crippen molar-refractivity contribution in [3.63, 3.8) is 0 Å². The highest BCUT2D eigenvalue weighted by Crippen LogP contribution is 2.17. The second-order valence-corrected chi connectivity index (χ2v) is 12.2. The van der Waals surface area contributed by atoms with Gasteiger partial charge in [-0.05, 0) is 83.3 Å². The Bertz CT molecular complexity index is 1880. The molecule has 0 N–H and O–H groups in total. The van der Waals surface area contributed by atoms with Gasteiger partial charge < -0.3 is 0 Å². The number of hydrogen-bond acceptors (Lipinski definition) is 0. The maximum absolute atomic E-state index is 2.19. The summed E-state index contributed by atoms with van der Waals surface area (Å²) in [6.07, 6.45) is 17.3. The maximum Gasteiger partial charge on any atom is -0.0227 e. The van der Waals surface area contributed by atoms with Crippen molar-refractivity contribution in [1.82, 2.24) is 0 Å². The van der Waals surface area contributed by atoms with Crippen molar-refractivity contribution in [2.45, 2.75) is 27.7 Å². The third-order valence-electron chi connectivity index (χ3n) is 8.18. The first-order valence-corrected chi connectivity index (χ1v) is 16.6. The molecule has 0 atom stereocenters. The Morgan fingerprint density at radius 2 is 0.583 bits per heavy atom. The van der Waals surface area contributed by atoms with Crippen LogP contribution in [0.2, 0.25) is 0 Å². The van der Waals surface area contributed by atoms with Crippen LogP contribution in [0.4, 0.5) is 0 Å². The van der Waals surface area contributed by atoms with Gasteiger partial charge in [0, 0.05) is 0 Å². The van der Waals surface area contributed by atoms with Gasteiger partial charge in [-0.15, -0.1) is 0 Å². The number of benzene rings is 6. The Kier molecular flexibility index (Phi) is 12.1. The fourth-order valence-electron chi connectivity index (χ4n) is 5.29. The largest absolute Gasteiger partial charge is 0.0620 e. The van der Waals surface area contributed by atoms with E-state index >= 15 is 0 Å². The van der Waals surface area contributed by atoms with Crippen molar-refractivity contribution >= 4 is 48.6 Å². The standard InChI is InChI=1S/2C24H22/c1-19-5-3-7-23(17-19)15-13-21-9-11-22(12-10-21)14-16-24-8-4-6-20(2)18-24;1-19-7-3-5-9-23(19)17-15-21-11-13-22(14-12-21)16-18-24-10-6-4-8-20(24)2/h2*3-18H,1-2H3. The predicted octanol–water partition coefficient (Wildman–Crippen LogP) is 13.3. The summed E-state index contributed by atoms with van der Waals surface area (Å²) in [6.45, 7) is 8.51. The monoisotopic (exact) mass is 620 g/mol. The number of rotatable bonds is 8. The Morgan fingerprint density at radius 3 is 0.917 bits per heavy atom. The molecule has 0 unspecified atom stereocenters. The first-order chi connectivity index (χ1) is 23.4. The van der Waals surface area contributed by atoms with Crippen molar-refractivity contribution < 1.29 is 0 Å². The first kappa shape index (κ1) is 33.6. The lowest BCUT2D eigenvalue weighted by molar-refractivity contribution is 1.44. The summed E-state index contributed by atoms with van der Waals surface area (Å²) in [5, 5.41) is 0. The van der Waals surface area contributed by atoms with E-state index in [-0.39, 0.29) is 0 Å². The minimum atomic E-state index is 1.21. The van der Waals surface area contributed by atoms with Crippen LogP contribution in [0.5, 0.6) is 0 Å². The maximum atomic E-state index is 2.19. The van der Waals surface area contributed by atoms with Crippen LogP contribution in [0.1, 0.15) is 66.8 Å². The third-order valence-corrected chi connectivity index (χ3v) is 8.18. The van der Waals surface area contributed by atoms with Crippen molar-refractivity contribution in [1.29, 1.82) is 0 Å². The molecule has 0 saturated heterocycles. The van der Waals surface area contributed by atoms with Crippen molar-refractivity contribution in [3.8, 4) is 0 Å². The van der Waals surface area contributed by atoms with E-state index < -0.39 is 0 Å². The van der Waals surface area contributed by atoms with Crippen LogP contribution in [-0.2, 0) is 0 Å². The quantitative estimate of drug-likeness (QED) is 0.149. The summed E-state index contributed by atoms with van der Waals surface area (Å²) < 4.78 is 0. The normalized spacial score (nSPS) is 11.4. The molecular formula is C48H44. The number of aryl methyl sites for hydroxylation is 4.